The molecule has 1 N–H and O–H groups in total. The smallest absolute Gasteiger partial charge is 0.164 e. The van der Waals surface area contributed by atoms with E-state index in [-0.39, 0.29) is 13.2 Å². The molecule has 40 heavy (non-hydrogen) atoms. The van der Waals surface area contributed by atoms with Crippen LogP contribution in [0.5, 0.6) is 0 Å². The molecule has 2 fully saturated rings. The van der Waals surface area contributed by atoms with E-state index < -0.39 is 35.3 Å². The summed E-state index contributed by atoms with van der Waals surface area (Å²) in [5, 5.41) is 21.8. The highest BCUT2D eigenvalue weighted by atomic mass is 16.8. The van der Waals surface area contributed by atoms with Gasteiger partial charge in [0.1, 0.15) is 36.1 Å². The Bertz CT molecular complexity index is 1320. The van der Waals surface area contributed by atoms with Gasteiger partial charge in [0.05, 0.1) is 24.3 Å². The molecule has 0 spiro atoms. The van der Waals surface area contributed by atoms with E-state index in [0.29, 0.717) is 5.57 Å². The first kappa shape index (κ1) is 27.6. The molecular weight excluding hydrogens is 502 g/mol. The summed E-state index contributed by atoms with van der Waals surface area (Å²) < 4.78 is 26.3. The topological polar surface area (TPSA) is 96.5 Å². The van der Waals surface area contributed by atoms with Gasteiger partial charge in [0.2, 0.25) is 0 Å². The normalized spacial score (nSPS) is 25.5. The number of ether oxygens (including phenoxy) is 4. The summed E-state index contributed by atoms with van der Waals surface area (Å²) >= 11 is 0. The summed E-state index contributed by atoms with van der Waals surface area (Å²) in [4.78, 5) is 0. The highest BCUT2D eigenvalue weighted by Crippen LogP contribution is 2.49. The van der Waals surface area contributed by atoms with E-state index >= 15 is 0 Å². The molecule has 7 heteroatoms. The second-order valence-electron chi connectivity index (χ2n) is 10.6. The molecule has 7 nitrogen and oxygen atoms in total. The summed E-state index contributed by atoms with van der Waals surface area (Å²) in [6.45, 7) is 5.86. The summed E-state index contributed by atoms with van der Waals surface area (Å²) in [5.74, 6) is -0.879. The lowest BCUT2D eigenvalue weighted by Gasteiger charge is -2.37. The molecule has 1 unspecified atom stereocenters. The molecule has 0 bridgehead atoms. The zero-order chi connectivity index (χ0) is 28.2. The minimum atomic E-state index is -0.942. The standard InChI is InChI=1S/C33H33N3O4/c1-31(2)39-30-28(38-29(32(30,3)40-31)24(21-35)22-36-20-19-34)23-37-33(25-13-7-4-8-14-25,26-15-9-5-10-16-26)27-17-11-6-12-18-27/h4-18,22,28-30,36H,20,23H2,1-3H3/b24-22+/t28-,29?,30-,32+/m1/s1. The third-order valence-corrected chi connectivity index (χ3v) is 7.47. The minimum absolute atomic E-state index is 0.0706. The van der Waals surface area contributed by atoms with Crippen molar-refractivity contribution in [2.45, 2.75) is 56.1 Å². The number of nitrogens with one attached hydrogen (secondary N) is 1. The second kappa shape index (κ2) is 11.3. The molecule has 0 aromatic heterocycles. The molecule has 4 atom stereocenters. The lowest BCUT2D eigenvalue weighted by molar-refractivity contribution is -0.203. The van der Waals surface area contributed by atoms with Crippen molar-refractivity contribution < 1.29 is 18.9 Å². The molecular formula is C33H33N3O4. The fourth-order valence-corrected chi connectivity index (χ4v) is 5.92. The maximum atomic E-state index is 9.99. The number of nitrogens with zero attached hydrogens (tertiary/aromatic N) is 2. The second-order valence-corrected chi connectivity index (χ2v) is 10.6. The van der Waals surface area contributed by atoms with Gasteiger partial charge < -0.3 is 24.3 Å². The molecule has 0 saturated carbocycles. The number of rotatable bonds is 9. The van der Waals surface area contributed by atoms with Crippen LogP contribution >= 0.6 is 0 Å². The molecule has 5 rings (SSSR count). The van der Waals surface area contributed by atoms with Crippen molar-refractivity contribution in [1.29, 1.82) is 10.5 Å². The molecule has 3 aromatic rings. The maximum absolute atomic E-state index is 9.99. The third-order valence-electron chi connectivity index (χ3n) is 7.47. The minimum Gasteiger partial charge on any atom is -0.377 e. The third kappa shape index (κ3) is 5.01. The monoisotopic (exact) mass is 535 g/mol. The molecule has 2 heterocycles. The first-order valence-electron chi connectivity index (χ1n) is 13.4. The highest BCUT2D eigenvalue weighted by molar-refractivity contribution is 5.47. The number of hydrogen-bond donors (Lipinski definition) is 1. The van der Waals surface area contributed by atoms with Gasteiger partial charge in [-0.3, -0.25) is 0 Å². The Hall–Kier alpha value is -3.98. The van der Waals surface area contributed by atoms with Crippen LogP contribution < -0.4 is 5.32 Å². The Morgan fingerprint density at radius 2 is 1.43 bits per heavy atom. The Morgan fingerprint density at radius 1 is 0.900 bits per heavy atom. The van der Waals surface area contributed by atoms with Gasteiger partial charge in [-0.1, -0.05) is 91.0 Å². The van der Waals surface area contributed by atoms with Gasteiger partial charge in [0.25, 0.3) is 0 Å². The Labute approximate surface area is 235 Å². The predicted molar refractivity (Wildman–Crippen MR) is 150 cm³/mol. The van der Waals surface area contributed by atoms with Crippen LogP contribution in [0.25, 0.3) is 0 Å². The SMILES string of the molecule is CC1(C)O[C@@H]2[C@@H](COC(c3ccccc3)(c3ccccc3)c3ccccc3)OC(/C(C#N)=C/NCC#N)[C@]2(C)O1. The van der Waals surface area contributed by atoms with Gasteiger partial charge in [-0.15, -0.1) is 0 Å². The first-order chi connectivity index (χ1) is 19.3. The van der Waals surface area contributed by atoms with E-state index in [9.17, 15) is 5.26 Å². The largest absolute Gasteiger partial charge is 0.377 e. The Kier molecular flexibility index (Phi) is 7.76. The fourth-order valence-electron chi connectivity index (χ4n) is 5.92. The number of hydrogen-bond acceptors (Lipinski definition) is 7. The number of benzene rings is 3. The van der Waals surface area contributed by atoms with Crippen molar-refractivity contribution in [1.82, 2.24) is 5.32 Å². The van der Waals surface area contributed by atoms with Gasteiger partial charge in [0, 0.05) is 6.20 Å². The molecule has 3 aromatic carbocycles. The van der Waals surface area contributed by atoms with Crippen molar-refractivity contribution in [3.05, 3.63) is 119 Å². The molecule has 0 amide bonds. The van der Waals surface area contributed by atoms with Crippen LogP contribution in [0, 0.1) is 22.7 Å². The van der Waals surface area contributed by atoms with Crippen LogP contribution in [-0.4, -0.2) is 42.9 Å². The van der Waals surface area contributed by atoms with Crippen LogP contribution in [-0.2, 0) is 24.5 Å². The summed E-state index contributed by atoms with van der Waals surface area (Å²) in [5.41, 5.74) is 1.39. The zero-order valence-corrected chi connectivity index (χ0v) is 22.9. The van der Waals surface area contributed by atoms with E-state index in [1.54, 1.807) is 0 Å². The van der Waals surface area contributed by atoms with Crippen molar-refractivity contribution in [3.8, 4) is 12.1 Å². The molecule has 204 valence electrons. The molecule has 2 aliphatic heterocycles. The van der Waals surface area contributed by atoms with E-state index in [2.05, 4.69) is 47.8 Å². The lowest BCUT2D eigenvalue weighted by atomic mass is 9.80. The van der Waals surface area contributed by atoms with Gasteiger partial charge in [-0.2, -0.15) is 10.5 Å². The molecule has 0 aliphatic carbocycles. The van der Waals surface area contributed by atoms with Crippen LogP contribution in [0.2, 0.25) is 0 Å². The van der Waals surface area contributed by atoms with E-state index in [4.69, 9.17) is 24.2 Å². The summed E-state index contributed by atoms with van der Waals surface area (Å²) in [7, 11) is 0. The van der Waals surface area contributed by atoms with Crippen LogP contribution in [0.3, 0.4) is 0 Å². The van der Waals surface area contributed by atoms with Crippen molar-refractivity contribution in [2.24, 2.45) is 0 Å². The predicted octanol–water partition coefficient (Wildman–Crippen LogP) is 5.19. The van der Waals surface area contributed by atoms with Crippen molar-refractivity contribution in [2.75, 3.05) is 13.2 Å². The average molecular weight is 536 g/mol. The molecule has 0 radical (unpaired) electrons. The van der Waals surface area contributed by atoms with Crippen LogP contribution in [0.15, 0.2) is 103 Å². The highest BCUT2D eigenvalue weighted by Gasteiger charge is 2.64. The van der Waals surface area contributed by atoms with Crippen molar-refractivity contribution >= 4 is 0 Å². The quantitative estimate of drug-likeness (QED) is 0.174. The fraction of sp³-hybridized carbons (Fsp3) is 0.333. The average Bonchev–Trinajstić information content (AvgIpc) is 3.38. The van der Waals surface area contributed by atoms with Gasteiger partial charge in [0.15, 0.2) is 5.79 Å². The summed E-state index contributed by atoms with van der Waals surface area (Å²) in [6, 6.07) is 34.7. The molecule has 2 aliphatic rings. The maximum Gasteiger partial charge on any atom is 0.164 e. The van der Waals surface area contributed by atoms with E-state index in [1.165, 1.54) is 6.20 Å². The summed E-state index contributed by atoms with van der Waals surface area (Å²) in [6.07, 6.45) is -0.236. The zero-order valence-electron chi connectivity index (χ0n) is 22.9. The van der Waals surface area contributed by atoms with Crippen molar-refractivity contribution in [3.63, 3.8) is 0 Å². The van der Waals surface area contributed by atoms with Crippen LogP contribution in [0.1, 0.15) is 37.5 Å². The van der Waals surface area contributed by atoms with Crippen LogP contribution in [0.4, 0.5) is 0 Å². The van der Waals surface area contributed by atoms with Gasteiger partial charge >= 0.3 is 0 Å². The number of fused-ring (bicyclic) bond motifs is 1. The molecule has 2 saturated heterocycles. The van der Waals surface area contributed by atoms with E-state index in [0.717, 1.165) is 16.7 Å². The Morgan fingerprint density at radius 3 is 1.90 bits per heavy atom. The first-order valence-corrected chi connectivity index (χ1v) is 13.4. The lowest BCUT2D eigenvalue weighted by Crippen LogP contribution is -2.45. The van der Waals surface area contributed by atoms with Gasteiger partial charge in [-0.05, 0) is 37.5 Å². The van der Waals surface area contributed by atoms with E-state index in [1.807, 2.05) is 81.4 Å². The van der Waals surface area contributed by atoms with Gasteiger partial charge in [-0.25, -0.2) is 0 Å². The number of nitriles is 2. The Balaban J connectivity index is 1.55.